The molecule has 3 aromatic rings. The summed E-state index contributed by atoms with van der Waals surface area (Å²) in [6.45, 7) is 1.48. The molecule has 26 heavy (non-hydrogen) atoms. The first-order chi connectivity index (χ1) is 12.4. The summed E-state index contributed by atoms with van der Waals surface area (Å²) in [5, 5.41) is 29.5. The van der Waals surface area contributed by atoms with Gasteiger partial charge in [-0.1, -0.05) is 12.1 Å². The van der Waals surface area contributed by atoms with Gasteiger partial charge in [0.05, 0.1) is 17.7 Å². The van der Waals surface area contributed by atoms with Crippen LogP contribution in [0.1, 0.15) is 12.5 Å². The van der Waals surface area contributed by atoms with Crippen molar-refractivity contribution in [3.63, 3.8) is 0 Å². The van der Waals surface area contributed by atoms with E-state index in [0.29, 0.717) is 16.9 Å². The van der Waals surface area contributed by atoms with Crippen LogP contribution in [0.5, 0.6) is 17.2 Å². The van der Waals surface area contributed by atoms with E-state index in [0.717, 1.165) is 0 Å². The molecule has 1 aliphatic rings. The third kappa shape index (κ3) is 2.43. The Morgan fingerprint density at radius 1 is 1.15 bits per heavy atom. The van der Waals surface area contributed by atoms with E-state index in [-0.39, 0.29) is 40.1 Å². The van der Waals surface area contributed by atoms with Crippen LogP contribution in [-0.4, -0.2) is 27.5 Å². The second-order valence-electron chi connectivity index (χ2n) is 6.44. The summed E-state index contributed by atoms with van der Waals surface area (Å²) in [7, 11) is 0. The molecule has 2 heterocycles. The number of rotatable bonds is 2. The van der Waals surface area contributed by atoms with Gasteiger partial charge >= 0.3 is 0 Å². The summed E-state index contributed by atoms with van der Waals surface area (Å²) in [4.78, 5) is 12.9. The molecule has 3 N–H and O–H groups in total. The lowest BCUT2D eigenvalue weighted by molar-refractivity contribution is 0.0639. The second kappa shape index (κ2) is 5.64. The first-order valence-electron chi connectivity index (χ1n) is 8.02. The lowest BCUT2D eigenvalue weighted by atomic mass is 9.98. The number of fused-ring (bicyclic) bond motifs is 2. The van der Waals surface area contributed by atoms with Gasteiger partial charge in [-0.15, -0.1) is 0 Å². The van der Waals surface area contributed by atoms with Crippen molar-refractivity contribution < 1.29 is 24.5 Å². The maximum Gasteiger partial charge on any atom is 0.204 e. The highest BCUT2D eigenvalue weighted by Crippen LogP contribution is 2.41. The van der Waals surface area contributed by atoms with Gasteiger partial charge in [0.25, 0.3) is 0 Å². The van der Waals surface area contributed by atoms with E-state index >= 15 is 0 Å². The predicted molar refractivity (Wildman–Crippen MR) is 96.4 cm³/mol. The zero-order valence-electron chi connectivity index (χ0n) is 13.9. The minimum atomic E-state index is -0.903. The fourth-order valence-corrected chi connectivity index (χ4v) is 2.98. The van der Waals surface area contributed by atoms with E-state index in [2.05, 4.69) is 0 Å². The van der Waals surface area contributed by atoms with Gasteiger partial charge in [-0.3, -0.25) is 4.79 Å². The minimum Gasteiger partial charge on any atom is -0.508 e. The Balaban J connectivity index is 1.94. The van der Waals surface area contributed by atoms with E-state index in [1.165, 1.54) is 24.5 Å². The van der Waals surface area contributed by atoms with Crippen molar-refractivity contribution in [1.82, 2.24) is 0 Å². The highest BCUT2D eigenvalue weighted by molar-refractivity contribution is 5.93. The number of phenolic OH excluding ortho intramolecular Hbond substituents is 2. The van der Waals surface area contributed by atoms with Crippen molar-refractivity contribution in [2.24, 2.45) is 0 Å². The summed E-state index contributed by atoms with van der Waals surface area (Å²) in [5.41, 5.74) is 0.0901. The number of hydrogen-bond acceptors (Lipinski definition) is 6. The maximum absolute atomic E-state index is 12.9. The van der Waals surface area contributed by atoms with E-state index in [1.54, 1.807) is 31.2 Å². The number of aliphatic hydroxyl groups excluding tert-OH is 1. The molecule has 0 saturated heterocycles. The normalized spacial score (nSPS) is 18.5. The third-order valence-corrected chi connectivity index (χ3v) is 4.48. The predicted octanol–water partition coefficient (Wildman–Crippen LogP) is 3.03. The summed E-state index contributed by atoms with van der Waals surface area (Å²) >= 11 is 0. The van der Waals surface area contributed by atoms with Crippen LogP contribution in [0.2, 0.25) is 0 Å². The van der Waals surface area contributed by atoms with Gasteiger partial charge in [0.2, 0.25) is 5.43 Å². The summed E-state index contributed by atoms with van der Waals surface area (Å²) in [5.74, 6) is 0.183. The summed E-state index contributed by atoms with van der Waals surface area (Å²) in [6, 6.07) is 7.66. The molecule has 6 nitrogen and oxygen atoms in total. The largest absolute Gasteiger partial charge is 0.508 e. The molecule has 0 aliphatic carbocycles. The Morgan fingerprint density at radius 3 is 2.58 bits per heavy atom. The minimum absolute atomic E-state index is 0.0511. The molecule has 0 fully saturated rings. The van der Waals surface area contributed by atoms with Gasteiger partial charge < -0.3 is 24.5 Å². The van der Waals surface area contributed by atoms with Gasteiger partial charge in [0.15, 0.2) is 0 Å². The highest BCUT2D eigenvalue weighted by atomic mass is 16.5. The van der Waals surface area contributed by atoms with Crippen LogP contribution in [-0.2, 0) is 0 Å². The zero-order chi connectivity index (χ0) is 18.5. The quantitative estimate of drug-likeness (QED) is 0.655. The van der Waals surface area contributed by atoms with Crippen molar-refractivity contribution in [3.05, 3.63) is 58.5 Å². The Bertz CT molecular complexity index is 1090. The third-order valence-electron chi connectivity index (χ3n) is 4.48. The van der Waals surface area contributed by atoms with E-state index in [9.17, 15) is 20.1 Å². The molecule has 2 aromatic carbocycles. The fourth-order valence-electron chi connectivity index (χ4n) is 2.98. The van der Waals surface area contributed by atoms with Gasteiger partial charge in [-0.05, 0) is 36.8 Å². The average Bonchev–Trinajstić information content (AvgIpc) is 2.63. The standard InChI is InChI=1S/C20H16O6/c1-20(10-21)7-6-13-15(26-20)8-16-17(18(13)23)19(24)14(9-25-16)11-2-4-12(22)5-3-11/h2-9,21-23H,10H2,1H3. The SMILES string of the molecule is CC1(CO)C=Cc2c(cc3occ(-c4ccc(O)cc4)c(=O)c3c2O)O1. The van der Waals surface area contributed by atoms with Crippen LogP contribution in [0.25, 0.3) is 28.2 Å². The maximum atomic E-state index is 12.9. The first-order valence-corrected chi connectivity index (χ1v) is 8.02. The fraction of sp³-hybridized carbons (Fsp3) is 0.150. The molecule has 0 amide bonds. The Kier molecular flexibility index (Phi) is 3.52. The van der Waals surface area contributed by atoms with E-state index in [4.69, 9.17) is 9.15 Å². The highest BCUT2D eigenvalue weighted by Gasteiger charge is 2.29. The van der Waals surface area contributed by atoms with Gasteiger partial charge in [0, 0.05) is 6.07 Å². The molecule has 1 aromatic heterocycles. The number of aliphatic hydroxyl groups is 1. The second-order valence-corrected chi connectivity index (χ2v) is 6.44. The van der Waals surface area contributed by atoms with Crippen LogP contribution < -0.4 is 10.2 Å². The van der Waals surface area contributed by atoms with Crippen LogP contribution in [0.3, 0.4) is 0 Å². The Hall–Kier alpha value is -3.25. The lowest BCUT2D eigenvalue weighted by Gasteiger charge is -2.30. The van der Waals surface area contributed by atoms with Crippen LogP contribution in [0, 0.1) is 0 Å². The molecule has 0 saturated carbocycles. The average molecular weight is 352 g/mol. The molecule has 0 spiro atoms. The molecule has 0 bridgehead atoms. The van der Waals surface area contributed by atoms with Crippen LogP contribution >= 0.6 is 0 Å². The van der Waals surface area contributed by atoms with Gasteiger partial charge in [0.1, 0.15) is 40.1 Å². The summed E-state index contributed by atoms with van der Waals surface area (Å²) < 4.78 is 11.3. The van der Waals surface area contributed by atoms with Crippen molar-refractivity contribution in [3.8, 4) is 28.4 Å². The van der Waals surface area contributed by atoms with E-state index in [1.807, 2.05) is 0 Å². The number of benzene rings is 2. The summed E-state index contributed by atoms with van der Waals surface area (Å²) in [6.07, 6.45) is 4.57. The molecule has 6 heteroatoms. The Morgan fingerprint density at radius 2 is 1.88 bits per heavy atom. The molecule has 132 valence electrons. The lowest BCUT2D eigenvalue weighted by Crippen LogP contribution is -2.35. The smallest absolute Gasteiger partial charge is 0.204 e. The van der Waals surface area contributed by atoms with Crippen LogP contribution in [0.15, 0.2) is 51.9 Å². The number of aromatic hydroxyl groups is 2. The number of phenols is 2. The van der Waals surface area contributed by atoms with Crippen LogP contribution in [0.4, 0.5) is 0 Å². The number of hydrogen-bond donors (Lipinski definition) is 3. The van der Waals surface area contributed by atoms with Crippen molar-refractivity contribution >= 4 is 17.0 Å². The molecular formula is C20H16O6. The van der Waals surface area contributed by atoms with Crippen molar-refractivity contribution in [2.75, 3.05) is 6.61 Å². The first kappa shape index (κ1) is 16.2. The monoisotopic (exact) mass is 352 g/mol. The molecule has 1 aliphatic heterocycles. The van der Waals surface area contributed by atoms with Gasteiger partial charge in [-0.25, -0.2) is 0 Å². The van der Waals surface area contributed by atoms with E-state index < -0.39 is 5.60 Å². The molecule has 1 unspecified atom stereocenters. The number of ether oxygens (including phenoxy) is 1. The topological polar surface area (TPSA) is 100 Å². The molecule has 0 radical (unpaired) electrons. The Labute approximate surface area is 148 Å². The molecular weight excluding hydrogens is 336 g/mol. The van der Waals surface area contributed by atoms with Crippen molar-refractivity contribution in [1.29, 1.82) is 0 Å². The van der Waals surface area contributed by atoms with Crippen molar-refractivity contribution in [2.45, 2.75) is 12.5 Å². The zero-order valence-corrected chi connectivity index (χ0v) is 13.9. The van der Waals surface area contributed by atoms with Gasteiger partial charge in [-0.2, -0.15) is 0 Å². The molecule has 1 atom stereocenters. The molecule has 4 rings (SSSR count).